The van der Waals surface area contributed by atoms with Crippen LogP contribution in [0.15, 0.2) is 29.2 Å². The first-order valence-corrected chi connectivity index (χ1v) is 11.1. The average molecular weight is 577 g/mol. The molecule has 0 aliphatic carbocycles. The molecule has 1 N–H and O–H groups in total. The third kappa shape index (κ3) is 4.86. The molecule has 2 heterocycles. The number of ether oxygens (including phenoxy) is 1. The maximum atomic E-state index is 15.3. The fourth-order valence-corrected chi connectivity index (χ4v) is 3.92. The van der Waals surface area contributed by atoms with Crippen molar-refractivity contribution in [2.75, 3.05) is 0 Å². The Balaban J connectivity index is 2.20. The van der Waals surface area contributed by atoms with Crippen LogP contribution in [0, 0.1) is 9.52 Å². The van der Waals surface area contributed by atoms with Crippen molar-refractivity contribution in [1.82, 2.24) is 19.3 Å². The van der Waals surface area contributed by atoms with Crippen molar-refractivity contribution in [3.63, 3.8) is 0 Å². The van der Waals surface area contributed by atoms with Gasteiger partial charge in [-0.25, -0.2) is 14.2 Å². The van der Waals surface area contributed by atoms with Crippen molar-refractivity contribution in [2.45, 2.75) is 40.0 Å². The first-order chi connectivity index (χ1) is 15.2. The van der Waals surface area contributed by atoms with E-state index in [1.165, 1.54) is 29.0 Å². The van der Waals surface area contributed by atoms with Crippen molar-refractivity contribution in [2.24, 2.45) is 0 Å². The van der Waals surface area contributed by atoms with Crippen LogP contribution >= 0.6 is 34.2 Å². The van der Waals surface area contributed by atoms with Gasteiger partial charge < -0.3 is 9.84 Å². The Morgan fingerprint density at radius 2 is 2.12 bits per heavy atom. The molecule has 0 saturated carbocycles. The van der Waals surface area contributed by atoms with Crippen LogP contribution < -0.4 is 10.4 Å². The van der Waals surface area contributed by atoms with Gasteiger partial charge in [0.05, 0.1) is 27.9 Å². The van der Waals surface area contributed by atoms with Gasteiger partial charge in [0.25, 0.3) is 0 Å². The maximum Gasteiger partial charge on any atom is 0.350 e. The number of aromatic nitrogens is 4. The summed E-state index contributed by atoms with van der Waals surface area (Å²) in [4.78, 5) is 16.3. The Morgan fingerprint density at radius 1 is 1.41 bits per heavy atom. The van der Waals surface area contributed by atoms with E-state index in [1.807, 2.05) is 22.6 Å². The zero-order chi connectivity index (χ0) is 23.6. The molecule has 0 fully saturated rings. The number of rotatable bonds is 7. The summed E-state index contributed by atoms with van der Waals surface area (Å²) in [5.41, 5.74) is -0.225. The molecule has 1 aromatic carbocycles. The van der Waals surface area contributed by atoms with Crippen molar-refractivity contribution in [3.8, 4) is 11.4 Å². The first-order valence-electron chi connectivity index (χ1n) is 9.65. The second-order valence-corrected chi connectivity index (χ2v) is 8.54. The third-order valence-electron chi connectivity index (χ3n) is 4.45. The van der Waals surface area contributed by atoms with Crippen LogP contribution in [-0.2, 0) is 13.2 Å². The van der Waals surface area contributed by atoms with Gasteiger partial charge in [-0.1, -0.05) is 11.6 Å². The van der Waals surface area contributed by atoms with E-state index in [0.29, 0.717) is 15.8 Å². The smallest absolute Gasteiger partial charge is 0.350 e. The molecule has 0 amide bonds. The van der Waals surface area contributed by atoms with E-state index >= 15 is 4.39 Å². The molecule has 0 spiro atoms. The van der Waals surface area contributed by atoms with E-state index in [-0.39, 0.29) is 33.8 Å². The second kappa shape index (κ2) is 10.1. The first kappa shape index (κ1) is 24.3. The number of halogens is 4. The van der Waals surface area contributed by atoms with Crippen LogP contribution in [0.25, 0.3) is 17.6 Å². The number of benzene rings is 1. The third-order valence-corrected chi connectivity index (χ3v) is 5.65. The predicted octanol–water partition coefficient (Wildman–Crippen LogP) is 4.59. The van der Waals surface area contributed by atoms with Gasteiger partial charge in [-0.05, 0) is 61.6 Å². The Kier molecular flexibility index (Phi) is 7.67. The summed E-state index contributed by atoms with van der Waals surface area (Å²) in [5.74, 6) is -1.36. The second-order valence-electron chi connectivity index (χ2n) is 6.97. The summed E-state index contributed by atoms with van der Waals surface area (Å²) in [6.07, 6.45) is 1.82. The summed E-state index contributed by atoms with van der Waals surface area (Å²) in [5, 5.41) is 13.7. The molecule has 0 bridgehead atoms. The Morgan fingerprint density at radius 3 is 2.69 bits per heavy atom. The van der Waals surface area contributed by atoms with Crippen molar-refractivity contribution >= 4 is 46.1 Å². The van der Waals surface area contributed by atoms with Gasteiger partial charge in [0.15, 0.2) is 5.82 Å². The van der Waals surface area contributed by atoms with Crippen molar-refractivity contribution in [1.29, 1.82) is 0 Å². The highest BCUT2D eigenvalue weighted by molar-refractivity contribution is 14.1. The molecule has 0 aliphatic rings. The van der Waals surface area contributed by atoms with E-state index < -0.39 is 24.1 Å². The zero-order valence-electron chi connectivity index (χ0n) is 17.4. The number of aliphatic hydroxyl groups is 1. The maximum absolute atomic E-state index is 15.3. The minimum Gasteiger partial charge on any atom is -0.490 e. The molecule has 170 valence electrons. The molecule has 0 aliphatic heterocycles. The topological polar surface area (TPSA) is 82.2 Å². The standard InChI is InChI=1S/C21H20ClF2IN4O3/c1-4-28-19(10-30)27-29(21(28)31)17-9-18(32-11(2)3)13(8-16(17)25)15(23)7-12-14(22)5-6-26-20(12)24/h5-9,11,30H,4,10H2,1-3H3/b15-7-. The Labute approximate surface area is 201 Å². The fourth-order valence-electron chi connectivity index (χ4n) is 3.03. The number of aliphatic hydroxyl groups excluding tert-OH is 1. The lowest BCUT2D eigenvalue weighted by Crippen LogP contribution is -2.24. The van der Waals surface area contributed by atoms with E-state index in [4.69, 9.17) is 16.3 Å². The highest BCUT2D eigenvalue weighted by Crippen LogP contribution is 2.35. The van der Waals surface area contributed by atoms with Crippen LogP contribution in [-0.4, -0.2) is 30.5 Å². The molecule has 0 atom stereocenters. The van der Waals surface area contributed by atoms with Crippen molar-refractivity contribution < 1.29 is 18.6 Å². The van der Waals surface area contributed by atoms with Crippen molar-refractivity contribution in [3.05, 3.63) is 66.4 Å². The van der Waals surface area contributed by atoms with Crippen LogP contribution in [0.1, 0.15) is 37.7 Å². The fraction of sp³-hybridized carbons (Fsp3) is 0.286. The predicted molar refractivity (Wildman–Crippen MR) is 126 cm³/mol. The molecular weight excluding hydrogens is 557 g/mol. The highest BCUT2D eigenvalue weighted by atomic mass is 127. The monoisotopic (exact) mass is 576 g/mol. The lowest BCUT2D eigenvalue weighted by atomic mass is 10.1. The zero-order valence-corrected chi connectivity index (χ0v) is 20.4. The molecule has 3 rings (SSSR count). The quantitative estimate of drug-likeness (QED) is 0.329. The van der Waals surface area contributed by atoms with E-state index in [1.54, 1.807) is 20.8 Å². The molecule has 32 heavy (non-hydrogen) atoms. The largest absolute Gasteiger partial charge is 0.490 e. The van der Waals surface area contributed by atoms with Crippen LogP contribution in [0.2, 0.25) is 5.02 Å². The number of nitrogens with zero attached hydrogens (tertiary/aromatic N) is 4. The minimum absolute atomic E-state index is 0.0125. The highest BCUT2D eigenvalue weighted by Gasteiger charge is 2.20. The van der Waals surface area contributed by atoms with Gasteiger partial charge in [-0.15, -0.1) is 5.10 Å². The average Bonchev–Trinajstić information content (AvgIpc) is 3.06. The Bertz CT molecular complexity index is 1220. The molecule has 3 aromatic rings. The van der Waals surface area contributed by atoms with Gasteiger partial charge in [-0.3, -0.25) is 4.57 Å². The Hall–Kier alpha value is -2.31. The van der Waals surface area contributed by atoms with Gasteiger partial charge in [0, 0.05) is 22.4 Å². The normalized spacial score (nSPS) is 12.0. The number of pyridine rings is 1. The van der Waals surface area contributed by atoms with Crippen LogP contribution in [0.4, 0.5) is 8.78 Å². The van der Waals surface area contributed by atoms with Gasteiger partial charge in [-0.2, -0.15) is 9.07 Å². The van der Waals surface area contributed by atoms with Gasteiger partial charge >= 0.3 is 5.69 Å². The summed E-state index contributed by atoms with van der Waals surface area (Å²) in [7, 11) is 0. The molecule has 11 heteroatoms. The van der Waals surface area contributed by atoms with E-state index in [0.717, 1.165) is 10.8 Å². The molecular formula is C21H20ClF2IN4O3. The van der Waals surface area contributed by atoms with Gasteiger partial charge in [0.2, 0.25) is 5.95 Å². The lowest BCUT2D eigenvalue weighted by molar-refractivity contribution is 0.241. The molecule has 0 radical (unpaired) electrons. The van der Waals surface area contributed by atoms with Crippen LogP contribution in [0.5, 0.6) is 5.75 Å². The summed E-state index contributed by atoms with van der Waals surface area (Å²) >= 11 is 7.94. The van der Waals surface area contributed by atoms with Crippen LogP contribution in [0.3, 0.4) is 0 Å². The van der Waals surface area contributed by atoms with Gasteiger partial charge in [0.1, 0.15) is 18.2 Å². The SMILES string of the molecule is CCn1c(CO)nn(-c2cc(OC(C)C)c(/C(F)=C/c3c(Cl)ccnc3F)cc2I)c1=O. The minimum atomic E-state index is -0.904. The molecule has 7 nitrogen and oxygen atoms in total. The molecule has 0 saturated heterocycles. The lowest BCUT2D eigenvalue weighted by Gasteiger charge is -2.16. The van der Waals surface area contributed by atoms with E-state index in [2.05, 4.69) is 10.1 Å². The molecule has 0 unspecified atom stereocenters. The van der Waals surface area contributed by atoms with E-state index in [9.17, 15) is 14.3 Å². The number of hydrogen-bond acceptors (Lipinski definition) is 5. The summed E-state index contributed by atoms with van der Waals surface area (Å²) in [6.45, 7) is 5.21. The summed E-state index contributed by atoms with van der Waals surface area (Å²) < 4.78 is 38.1. The summed E-state index contributed by atoms with van der Waals surface area (Å²) in [6, 6.07) is 4.32. The molecule has 2 aromatic heterocycles. The number of hydrogen-bond donors (Lipinski definition) is 1.